The Balaban J connectivity index is 2.21. The standard InChI is InChI=1S/C15H15FN2O3/c1-20-13-6-3-9(7-14(13)21-2)15(19)18-10-4-5-11(16)12(17)8-10/h3-8H,17H2,1-2H3,(H,18,19). The minimum atomic E-state index is -0.529. The molecule has 0 saturated heterocycles. The summed E-state index contributed by atoms with van der Waals surface area (Å²) in [6.07, 6.45) is 0. The molecule has 0 heterocycles. The minimum absolute atomic E-state index is 0.0277. The molecule has 5 nitrogen and oxygen atoms in total. The van der Waals surface area contributed by atoms with E-state index in [-0.39, 0.29) is 11.6 Å². The maximum atomic E-state index is 13.1. The second kappa shape index (κ2) is 6.13. The van der Waals surface area contributed by atoms with Crippen LogP contribution in [0.2, 0.25) is 0 Å². The molecule has 21 heavy (non-hydrogen) atoms. The van der Waals surface area contributed by atoms with E-state index >= 15 is 0 Å². The van der Waals surface area contributed by atoms with Crippen molar-refractivity contribution < 1.29 is 18.7 Å². The molecule has 0 aromatic heterocycles. The molecule has 3 N–H and O–H groups in total. The number of benzene rings is 2. The number of ether oxygens (including phenoxy) is 2. The molecule has 0 atom stereocenters. The Morgan fingerprint density at radius 3 is 2.43 bits per heavy atom. The van der Waals surface area contributed by atoms with Crippen molar-refractivity contribution in [2.24, 2.45) is 0 Å². The second-order valence-electron chi connectivity index (χ2n) is 4.26. The number of carbonyl (C=O) groups is 1. The van der Waals surface area contributed by atoms with Crippen LogP contribution in [0.4, 0.5) is 15.8 Å². The topological polar surface area (TPSA) is 73.6 Å². The van der Waals surface area contributed by atoms with E-state index in [0.717, 1.165) is 0 Å². The van der Waals surface area contributed by atoms with Crippen LogP contribution in [-0.4, -0.2) is 20.1 Å². The maximum Gasteiger partial charge on any atom is 0.255 e. The number of hydrogen-bond donors (Lipinski definition) is 2. The largest absolute Gasteiger partial charge is 0.493 e. The number of nitrogen functional groups attached to an aromatic ring is 1. The molecule has 2 aromatic carbocycles. The van der Waals surface area contributed by atoms with Crippen LogP contribution in [0.25, 0.3) is 0 Å². The smallest absolute Gasteiger partial charge is 0.255 e. The third-order valence-corrected chi connectivity index (χ3v) is 2.90. The number of amides is 1. The molecule has 2 aromatic rings. The average Bonchev–Trinajstić information content (AvgIpc) is 2.50. The number of methoxy groups -OCH3 is 2. The molecule has 0 unspecified atom stereocenters. The zero-order valence-corrected chi connectivity index (χ0v) is 11.6. The van der Waals surface area contributed by atoms with Crippen molar-refractivity contribution in [3.05, 3.63) is 47.8 Å². The predicted octanol–water partition coefficient (Wildman–Crippen LogP) is 2.68. The number of anilines is 2. The molecule has 1 amide bonds. The van der Waals surface area contributed by atoms with Gasteiger partial charge in [0, 0.05) is 11.3 Å². The number of carbonyl (C=O) groups excluding carboxylic acids is 1. The van der Waals surface area contributed by atoms with Crippen LogP contribution in [0.15, 0.2) is 36.4 Å². The lowest BCUT2D eigenvalue weighted by molar-refractivity contribution is 0.102. The summed E-state index contributed by atoms with van der Waals surface area (Å²) in [6.45, 7) is 0. The Morgan fingerprint density at radius 1 is 1.10 bits per heavy atom. The van der Waals surface area contributed by atoms with Crippen LogP contribution in [0, 0.1) is 5.82 Å². The Bertz CT molecular complexity index is 674. The van der Waals surface area contributed by atoms with Crippen molar-refractivity contribution in [3.8, 4) is 11.5 Å². The zero-order valence-electron chi connectivity index (χ0n) is 11.6. The van der Waals surface area contributed by atoms with Gasteiger partial charge >= 0.3 is 0 Å². The fraction of sp³-hybridized carbons (Fsp3) is 0.133. The van der Waals surface area contributed by atoms with E-state index < -0.39 is 5.82 Å². The van der Waals surface area contributed by atoms with E-state index in [0.29, 0.717) is 22.7 Å². The Hall–Kier alpha value is -2.76. The molecule has 0 bridgehead atoms. The van der Waals surface area contributed by atoms with Crippen LogP contribution < -0.4 is 20.5 Å². The summed E-state index contributed by atoms with van der Waals surface area (Å²) in [5, 5.41) is 2.63. The van der Waals surface area contributed by atoms with Gasteiger partial charge in [-0.1, -0.05) is 0 Å². The highest BCUT2D eigenvalue weighted by Gasteiger charge is 2.11. The Morgan fingerprint density at radius 2 is 1.81 bits per heavy atom. The SMILES string of the molecule is COc1ccc(C(=O)Nc2ccc(F)c(N)c2)cc1OC. The van der Waals surface area contributed by atoms with Gasteiger partial charge in [0.05, 0.1) is 19.9 Å². The molecular formula is C15H15FN2O3. The Labute approximate surface area is 121 Å². The highest BCUT2D eigenvalue weighted by atomic mass is 19.1. The van der Waals surface area contributed by atoms with Crippen molar-refractivity contribution in [2.45, 2.75) is 0 Å². The highest BCUT2D eigenvalue weighted by molar-refractivity contribution is 6.04. The molecule has 2 rings (SSSR count). The summed E-state index contributed by atoms with van der Waals surface area (Å²) in [6, 6.07) is 8.77. The number of halogens is 1. The van der Waals surface area contributed by atoms with Gasteiger partial charge in [0.15, 0.2) is 11.5 Å². The van der Waals surface area contributed by atoms with E-state index in [9.17, 15) is 9.18 Å². The van der Waals surface area contributed by atoms with E-state index in [1.165, 1.54) is 32.4 Å². The highest BCUT2D eigenvalue weighted by Crippen LogP contribution is 2.28. The molecule has 110 valence electrons. The monoisotopic (exact) mass is 290 g/mol. The van der Waals surface area contributed by atoms with Gasteiger partial charge in [-0.2, -0.15) is 0 Å². The van der Waals surface area contributed by atoms with Crippen LogP contribution in [0.5, 0.6) is 11.5 Å². The number of nitrogens with one attached hydrogen (secondary N) is 1. The quantitative estimate of drug-likeness (QED) is 0.849. The van der Waals surface area contributed by atoms with Crippen molar-refractivity contribution >= 4 is 17.3 Å². The first-order valence-electron chi connectivity index (χ1n) is 6.13. The molecule has 0 aliphatic rings. The van der Waals surface area contributed by atoms with Crippen LogP contribution in [0.1, 0.15) is 10.4 Å². The van der Waals surface area contributed by atoms with Gasteiger partial charge in [0.25, 0.3) is 5.91 Å². The van der Waals surface area contributed by atoms with Crippen molar-refractivity contribution in [3.63, 3.8) is 0 Å². The van der Waals surface area contributed by atoms with Crippen LogP contribution in [0.3, 0.4) is 0 Å². The van der Waals surface area contributed by atoms with Crippen LogP contribution in [-0.2, 0) is 0 Å². The fourth-order valence-electron chi connectivity index (χ4n) is 1.80. The van der Waals surface area contributed by atoms with Gasteiger partial charge < -0.3 is 20.5 Å². The van der Waals surface area contributed by atoms with E-state index in [2.05, 4.69) is 5.32 Å². The van der Waals surface area contributed by atoms with Gasteiger partial charge in [-0.25, -0.2) is 4.39 Å². The zero-order chi connectivity index (χ0) is 15.4. The first-order chi connectivity index (χ1) is 10.0. The summed E-state index contributed by atoms with van der Waals surface area (Å²) in [4.78, 5) is 12.1. The van der Waals surface area contributed by atoms with Crippen LogP contribution >= 0.6 is 0 Å². The van der Waals surface area contributed by atoms with E-state index in [1.54, 1.807) is 18.2 Å². The molecule has 6 heteroatoms. The second-order valence-corrected chi connectivity index (χ2v) is 4.26. The first kappa shape index (κ1) is 14.6. The fourth-order valence-corrected chi connectivity index (χ4v) is 1.80. The normalized spacial score (nSPS) is 10.0. The molecule has 0 saturated carbocycles. The molecule has 0 radical (unpaired) electrons. The number of hydrogen-bond acceptors (Lipinski definition) is 4. The predicted molar refractivity (Wildman–Crippen MR) is 78.3 cm³/mol. The number of nitrogens with two attached hydrogens (primary N) is 1. The minimum Gasteiger partial charge on any atom is -0.493 e. The summed E-state index contributed by atoms with van der Waals surface area (Å²) >= 11 is 0. The summed E-state index contributed by atoms with van der Waals surface area (Å²) in [5.41, 5.74) is 6.22. The number of rotatable bonds is 4. The molecule has 0 fully saturated rings. The maximum absolute atomic E-state index is 13.1. The van der Waals surface area contributed by atoms with Gasteiger partial charge in [0.2, 0.25) is 0 Å². The molecular weight excluding hydrogens is 275 g/mol. The lowest BCUT2D eigenvalue weighted by Gasteiger charge is -2.10. The lowest BCUT2D eigenvalue weighted by Crippen LogP contribution is -2.12. The van der Waals surface area contributed by atoms with Gasteiger partial charge in [-0.05, 0) is 36.4 Å². The summed E-state index contributed by atoms with van der Waals surface area (Å²) in [7, 11) is 3.00. The average molecular weight is 290 g/mol. The van der Waals surface area contributed by atoms with Gasteiger partial charge in [-0.3, -0.25) is 4.79 Å². The van der Waals surface area contributed by atoms with Gasteiger partial charge in [0.1, 0.15) is 5.82 Å². The first-order valence-corrected chi connectivity index (χ1v) is 6.13. The molecule has 0 spiro atoms. The lowest BCUT2D eigenvalue weighted by atomic mass is 10.1. The molecule has 0 aliphatic heterocycles. The van der Waals surface area contributed by atoms with E-state index in [1.807, 2.05) is 0 Å². The van der Waals surface area contributed by atoms with Crippen molar-refractivity contribution in [1.82, 2.24) is 0 Å². The Kier molecular flexibility index (Phi) is 4.27. The molecule has 0 aliphatic carbocycles. The summed E-state index contributed by atoms with van der Waals surface area (Å²) < 4.78 is 23.3. The van der Waals surface area contributed by atoms with Crippen molar-refractivity contribution in [2.75, 3.05) is 25.3 Å². The third-order valence-electron chi connectivity index (χ3n) is 2.90. The third kappa shape index (κ3) is 3.22. The summed E-state index contributed by atoms with van der Waals surface area (Å²) in [5.74, 6) is 0.0879. The van der Waals surface area contributed by atoms with Gasteiger partial charge in [-0.15, -0.1) is 0 Å². The van der Waals surface area contributed by atoms with E-state index in [4.69, 9.17) is 15.2 Å². The van der Waals surface area contributed by atoms with Crippen molar-refractivity contribution in [1.29, 1.82) is 0 Å².